The average molecular weight is 475 g/mol. The zero-order valence-electron chi connectivity index (χ0n) is 18.8. The second-order valence-corrected chi connectivity index (χ2v) is 9.12. The van der Waals surface area contributed by atoms with Gasteiger partial charge in [0.05, 0.1) is 23.6 Å². The Balaban J connectivity index is 1.68. The quantitative estimate of drug-likeness (QED) is 0.342. The molecule has 7 heteroatoms. The molecule has 1 aliphatic rings. The number of halogens is 1. The molecule has 6 nitrogen and oxygen atoms in total. The highest BCUT2D eigenvalue weighted by Crippen LogP contribution is 2.41. The molecule has 2 aromatic heterocycles. The summed E-state index contributed by atoms with van der Waals surface area (Å²) in [5.41, 5.74) is 1.02. The van der Waals surface area contributed by atoms with Gasteiger partial charge >= 0.3 is 0 Å². The minimum atomic E-state index is -0.717. The molecular formula is C27H23ClN2O4. The van der Waals surface area contributed by atoms with Crippen molar-refractivity contribution in [2.75, 3.05) is 11.5 Å². The van der Waals surface area contributed by atoms with Gasteiger partial charge < -0.3 is 9.15 Å². The SMILES string of the molecule is CC(C)CCOc1cccc(C2c3c(oc4ccc(Cl)cc4c3=O)C(=O)N2c2ccccn2)c1. The number of hydrogen-bond acceptors (Lipinski definition) is 5. The lowest BCUT2D eigenvalue weighted by atomic mass is 9.98. The zero-order valence-corrected chi connectivity index (χ0v) is 19.6. The number of amides is 1. The van der Waals surface area contributed by atoms with Crippen LogP contribution in [0, 0.1) is 5.92 Å². The van der Waals surface area contributed by atoms with Crippen LogP contribution in [-0.2, 0) is 0 Å². The van der Waals surface area contributed by atoms with Gasteiger partial charge in [0.2, 0.25) is 5.76 Å². The maximum Gasteiger partial charge on any atom is 0.296 e. The highest BCUT2D eigenvalue weighted by atomic mass is 35.5. The van der Waals surface area contributed by atoms with E-state index in [1.807, 2.05) is 24.3 Å². The molecule has 0 bridgehead atoms. The molecule has 3 heterocycles. The van der Waals surface area contributed by atoms with Crippen LogP contribution in [0.2, 0.25) is 5.02 Å². The summed E-state index contributed by atoms with van der Waals surface area (Å²) in [7, 11) is 0. The molecule has 1 unspecified atom stereocenters. The average Bonchev–Trinajstić information content (AvgIpc) is 3.13. The number of carbonyl (C=O) groups excluding carboxylic acids is 1. The third-order valence-corrected chi connectivity index (χ3v) is 6.10. The Morgan fingerprint density at radius 2 is 1.94 bits per heavy atom. The van der Waals surface area contributed by atoms with Gasteiger partial charge in [-0.3, -0.25) is 14.5 Å². The molecule has 1 aliphatic heterocycles. The van der Waals surface area contributed by atoms with Crippen molar-refractivity contribution in [1.82, 2.24) is 4.98 Å². The number of pyridine rings is 1. The summed E-state index contributed by atoms with van der Waals surface area (Å²) in [5, 5.41) is 0.749. The van der Waals surface area contributed by atoms with Crippen molar-refractivity contribution >= 4 is 34.3 Å². The lowest BCUT2D eigenvalue weighted by Gasteiger charge is -2.24. The first-order valence-electron chi connectivity index (χ1n) is 11.2. The fourth-order valence-electron chi connectivity index (χ4n) is 4.18. The van der Waals surface area contributed by atoms with Crippen LogP contribution in [0.4, 0.5) is 5.82 Å². The van der Waals surface area contributed by atoms with Gasteiger partial charge in [0.1, 0.15) is 17.2 Å². The molecule has 172 valence electrons. The number of nitrogens with zero attached hydrogens (tertiary/aromatic N) is 2. The van der Waals surface area contributed by atoms with Crippen LogP contribution < -0.4 is 15.1 Å². The third kappa shape index (κ3) is 3.94. The fourth-order valence-corrected chi connectivity index (χ4v) is 4.35. The lowest BCUT2D eigenvalue weighted by molar-refractivity contribution is 0.0970. The molecule has 5 rings (SSSR count). The predicted molar refractivity (Wildman–Crippen MR) is 132 cm³/mol. The Morgan fingerprint density at radius 1 is 1.09 bits per heavy atom. The lowest BCUT2D eigenvalue weighted by Crippen LogP contribution is -2.30. The summed E-state index contributed by atoms with van der Waals surface area (Å²) in [6, 6.07) is 16.9. The molecule has 0 spiro atoms. The number of fused-ring (bicyclic) bond motifs is 2. The van der Waals surface area contributed by atoms with Crippen molar-refractivity contribution in [3.05, 3.63) is 99.0 Å². The van der Waals surface area contributed by atoms with E-state index in [0.717, 1.165) is 12.0 Å². The molecule has 2 aromatic carbocycles. The second kappa shape index (κ2) is 8.95. The number of ether oxygens (including phenoxy) is 1. The van der Waals surface area contributed by atoms with Crippen LogP contribution in [0.3, 0.4) is 0 Å². The number of rotatable bonds is 6. The Hall–Kier alpha value is -3.64. The normalized spacial score (nSPS) is 15.2. The first-order chi connectivity index (χ1) is 16.4. The van der Waals surface area contributed by atoms with Crippen LogP contribution in [0.1, 0.15) is 48.0 Å². The largest absolute Gasteiger partial charge is 0.494 e. The van der Waals surface area contributed by atoms with E-state index in [2.05, 4.69) is 18.8 Å². The van der Waals surface area contributed by atoms with Crippen LogP contribution in [-0.4, -0.2) is 17.5 Å². The summed E-state index contributed by atoms with van der Waals surface area (Å²) in [6.45, 7) is 4.86. The van der Waals surface area contributed by atoms with Gasteiger partial charge in [-0.25, -0.2) is 4.98 Å². The molecule has 1 atom stereocenters. The molecule has 0 fully saturated rings. The van der Waals surface area contributed by atoms with Crippen molar-refractivity contribution < 1.29 is 13.9 Å². The molecular weight excluding hydrogens is 452 g/mol. The van der Waals surface area contributed by atoms with E-state index >= 15 is 0 Å². The van der Waals surface area contributed by atoms with Gasteiger partial charge in [0.15, 0.2) is 5.43 Å². The van der Waals surface area contributed by atoms with E-state index in [4.69, 9.17) is 20.8 Å². The molecule has 0 saturated heterocycles. The monoisotopic (exact) mass is 474 g/mol. The summed E-state index contributed by atoms with van der Waals surface area (Å²) >= 11 is 6.16. The van der Waals surface area contributed by atoms with Crippen molar-refractivity contribution in [3.63, 3.8) is 0 Å². The first-order valence-corrected chi connectivity index (χ1v) is 11.6. The van der Waals surface area contributed by atoms with Crippen LogP contribution in [0.25, 0.3) is 11.0 Å². The number of anilines is 1. The van der Waals surface area contributed by atoms with E-state index in [-0.39, 0.29) is 16.8 Å². The predicted octanol–water partition coefficient (Wildman–Crippen LogP) is 6.02. The molecule has 34 heavy (non-hydrogen) atoms. The number of benzene rings is 2. The van der Waals surface area contributed by atoms with E-state index in [9.17, 15) is 9.59 Å². The maximum atomic E-state index is 13.7. The number of carbonyl (C=O) groups is 1. The van der Waals surface area contributed by atoms with E-state index in [1.54, 1.807) is 42.6 Å². The minimum absolute atomic E-state index is 0.0154. The van der Waals surface area contributed by atoms with Crippen LogP contribution in [0.15, 0.2) is 76.1 Å². The number of hydrogen-bond donors (Lipinski definition) is 0. The topological polar surface area (TPSA) is 72.6 Å². The van der Waals surface area contributed by atoms with Crippen molar-refractivity contribution in [3.8, 4) is 5.75 Å². The Kier molecular flexibility index (Phi) is 5.84. The molecule has 0 N–H and O–H groups in total. The van der Waals surface area contributed by atoms with Gasteiger partial charge in [-0.15, -0.1) is 0 Å². The second-order valence-electron chi connectivity index (χ2n) is 8.68. The Labute approximate surface area is 201 Å². The van der Waals surface area contributed by atoms with Crippen molar-refractivity contribution in [2.45, 2.75) is 26.3 Å². The molecule has 4 aromatic rings. The molecule has 0 saturated carbocycles. The summed E-state index contributed by atoms with van der Waals surface area (Å²) < 4.78 is 11.9. The first kappa shape index (κ1) is 22.2. The fraction of sp³-hybridized carbons (Fsp3) is 0.222. The highest BCUT2D eigenvalue weighted by molar-refractivity contribution is 6.31. The van der Waals surface area contributed by atoms with Gasteiger partial charge in [-0.1, -0.05) is 43.6 Å². The van der Waals surface area contributed by atoms with Crippen LogP contribution >= 0.6 is 11.6 Å². The van der Waals surface area contributed by atoms with Gasteiger partial charge in [0, 0.05) is 11.2 Å². The highest BCUT2D eigenvalue weighted by Gasteiger charge is 2.44. The summed E-state index contributed by atoms with van der Waals surface area (Å²) in [5.74, 6) is 1.22. The zero-order chi connectivity index (χ0) is 23.8. The Morgan fingerprint density at radius 3 is 2.71 bits per heavy atom. The Bertz CT molecular complexity index is 1430. The van der Waals surface area contributed by atoms with Gasteiger partial charge in [0.25, 0.3) is 5.91 Å². The third-order valence-electron chi connectivity index (χ3n) is 5.87. The van der Waals surface area contributed by atoms with E-state index in [1.165, 1.54) is 4.90 Å². The van der Waals surface area contributed by atoms with Crippen molar-refractivity contribution in [2.24, 2.45) is 5.92 Å². The van der Waals surface area contributed by atoms with E-state index in [0.29, 0.717) is 40.1 Å². The van der Waals surface area contributed by atoms with E-state index < -0.39 is 11.9 Å². The summed E-state index contributed by atoms with van der Waals surface area (Å²) in [4.78, 5) is 33.1. The standard InChI is InChI=1S/C27H23ClN2O4/c1-16(2)11-13-33-19-7-5-6-17(14-19)24-23-25(31)20-15-18(28)9-10-21(20)34-26(23)27(32)30(24)22-8-3-4-12-29-22/h3-10,12,14-16,24H,11,13H2,1-2H3. The summed E-state index contributed by atoms with van der Waals surface area (Å²) in [6.07, 6.45) is 2.53. The molecule has 1 amide bonds. The number of aromatic nitrogens is 1. The molecule has 0 aliphatic carbocycles. The van der Waals surface area contributed by atoms with Gasteiger partial charge in [-0.2, -0.15) is 0 Å². The maximum absolute atomic E-state index is 13.7. The smallest absolute Gasteiger partial charge is 0.296 e. The molecule has 0 radical (unpaired) electrons. The van der Waals surface area contributed by atoms with Crippen LogP contribution in [0.5, 0.6) is 5.75 Å². The minimum Gasteiger partial charge on any atom is -0.494 e. The van der Waals surface area contributed by atoms with Gasteiger partial charge in [-0.05, 0) is 60.4 Å². The van der Waals surface area contributed by atoms with Crippen molar-refractivity contribution in [1.29, 1.82) is 0 Å².